The number of aliphatic hydroxyl groups excluding tert-OH is 1. The summed E-state index contributed by atoms with van der Waals surface area (Å²) in [6, 6.07) is 4.68. The van der Waals surface area contributed by atoms with Crippen molar-refractivity contribution in [2.24, 2.45) is 11.7 Å². The summed E-state index contributed by atoms with van der Waals surface area (Å²) < 4.78 is 5.29. The van der Waals surface area contributed by atoms with E-state index in [4.69, 9.17) is 10.5 Å². The van der Waals surface area contributed by atoms with Crippen molar-refractivity contribution in [3.8, 4) is 0 Å². The summed E-state index contributed by atoms with van der Waals surface area (Å²) in [6.45, 7) is 8.76. The summed E-state index contributed by atoms with van der Waals surface area (Å²) in [7, 11) is 0. The molecule has 5 atom stereocenters. The van der Waals surface area contributed by atoms with Gasteiger partial charge < -0.3 is 41.5 Å². The molecule has 7 N–H and O–H groups in total. The van der Waals surface area contributed by atoms with Gasteiger partial charge in [0, 0.05) is 19.4 Å². The highest BCUT2D eigenvalue weighted by Gasteiger charge is 2.37. The second-order valence-electron chi connectivity index (χ2n) is 12.6. The van der Waals surface area contributed by atoms with E-state index in [1.54, 1.807) is 65.0 Å². The Bertz CT molecular complexity index is 1200. The summed E-state index contributed by atoms with van der Waals surface area (Å²) in [5, 5.41) is 28.1. The van der Waals surface area contributed by atoms with Crippen LogP contribution in [0.5, 0.6) is 0 Å². The van der Waals surface area contributed by atoms with Crippen LogP contribution in [-0.4, -0.2) is 93.2 Å². The fraction of sp³-hybridized carbons (Fsp3) is 0.613. The quantitative estimate of drug-likeness (QED) is 0.161. The lowest BCUT2D eigenvalue weighted by Gasteiger charge is -2.29. The van der Waals surface area contributed by atoms with Gasteiger partial charge in [0.15, 0.2) is 0 Å². The predicted octanol–water partition coefficient (Wildman–Crippen LogP) is 0.840. The third-order valence-corrected chi connectivity index (χ3v) is 7.28. The normalized spacial score (nSPS) is 17.5. The van der Waals surface area contributed by atoms with Gasteiger partial charge in [-0.2, -0.15) is 0 Å². The fourth-order valence-corrected chi connectivity index (χ4v) is 5.03. The van der Waals surface area contributed by atoms with E-state index in [1.807, 2.05) is 0 Å². The molecule has 1 aliphatic heterocycles. The summed E-state index contributed by atoms with van der Waals surface area (Å²) in [6.07, 6.45) is -2.38. The molecule has 1 aliphatic rings. The van der Waals surface area contributed by atoms with Crippen LogP contribution in [0.2, 0.25) is 0 Å². The Labute approximate surface area is 263 Å². The number of benzene rings is 1. The average Bonchev–Trinajstić information content (AvgIpc) is 3.43. The third-order valence-electron chi connectivity index (χ3n) is 7.28. The molecule has 1 heterocycles. The van der Waals surface area contributed by atoms with Crippen molar-refractivity contribution in [1.82, 2.24) is 20.9 Å². The number of nitrogens with two attached hydrogens (primary N) is 1. The van der Waals surface area contributed by atoms with Crippen molar-refractivity contribution in [3.05, 3.63) is 35.9 Å². The van der Waals surface area contributed by atoms with Gasteiger partial charge in [-0.1, -0.05) is 44.2 Å². The molecule has 250 valence electrons. The van der Waals surface area contributed by atoms with Crippen LogP contribution in [0.3, 0.4) is 0 Å². The van der Waals surface area contributed by atoms with E-state index in [0.717, 1.165) is 5.56 Å². The Kier molecular flexibility index (Phi) is 13.8. The van der Waals surface area contributed by atoms with Gasteiger partial charge in [-0.15, -0.1) is 0 Å². The summed E-state index contributed by atoms with van der Waals surface area (Å²) in [5.74, 6) is -3.92. The zero-order valence-electron chi connectivity index (χ0n) is 26.6. The molecule has 0 aliphatic carbocycles. The molecule has 45 heavy (non-hydrogen) atoms. The molecule has 14 heteroatoms. The number of ether oxygens (including phenoxy) is 1. The Hall–Kier alpha value is -4.20. The van der Waals surface area contributed by atoms with Crippen LogP contribution in [0.15, 0.2) is 30.3 Å². The standard InChI is InChI=1S/C31H47N5O9/c1-18(2)26(27(32)41)35-29(43)22-12-9-15-36(22)24(38)14-13-23(37)20(17-25(39)40)33-28(42)21(16-19-10-7-6-8-11-19)34-30(44)45-31(3,4)5/h6-8,10-11,18,20-23,26,37H,9,12-17H2,1-5H3,(H2,32,41)(H,33,42)(H,34,44)(H,35,43)(H,39,40)/t20-,21-,22-,23-,26-/m0/s1. The lowest BCUT2D eigenvalue weighted by molar-refractivity contribution is -0.140. The molecule has 1 fully saturated rings. The predicted molar refractivity (Wildman–Crippen MR) is 163 cm³/mol. The molecule has 5 amide bonds. The molecule has 1 saturated heterocycles. The maximum absolute atomic E-state index is 13.4. The number of carbonyl (C=O) groups is 6. The number of primary amides is 1. The SMILES string of the molecule is CC(C)[C@H](NC(=O)[C@@H]1CCCN1C(=O)CC[C@H](O)[C@H](CC(=O)O)NC(=O)[C@H](Cc1ccccc1)NC(=O)OC(C)(C)C)C(N)=O. The number of carboxylic acids is 1. The zero-order chi connectivity index (χ0) is 33.9. The van der Waals surface area contributed by atoms with Gasteiger partial charge in [0.1, 0.15) is 23.7 Å². The van der Waals surface area contributed by atoms with Crippen molar-refractivity contribution < 1.29 is 43.7 Å². The van der Waals surface area contributed by atoms with Gasteiger partial charge in [0.25, 0.3) is 0 Å². The molecule has 0 saturated carbocycles. The number of likely N-dealkylation sites (tertiary alicyclic amines) is 1. The number of aliphatic carboxylic acids is 1. The van der Waals surface area contributed by atoms with Crippen LogP contribution in [0.1, 0.15) is 72.3 Å². The van der Waals surface area contributed by atoms with Crippen LogP contribution in [-0.2, 0) is 35.1 Å². The Morgan fingerprint density at radius 2 is 1.69 bits per heavy atom. The van der Waals surface area contributed by atoms with E-state index in [9.17, 15) is 39.0 Å². The van der Waals surface area contributed by atoms with Crippen LogP contribution in [0.4, 0.5) is 4.79 Å². The zero-order valence-corrected chi connectivity index (χ0v) is 26.6. The fourth-order valence-electron chi connectivity index (χ4n) is 5.03. The monoisotopic (exact) mass is 633 g/mol. The largest absolute Gasteiger partial charge is 0.481 e. The molecule has 0 radical (unpaired) electrons. The van der Waals surface area contributed by atoms with Crippen molar-refractivity contribution in [2.45, 2.75) is 109 Å². The number of hydrogen-bond acceptors (Lipinski definition) is 8. The second-order valence-corrected chi connectivity index (χ2v) is 12.6. The minimum atomic E-state index is -1.44. The summed E-state index contributed by atoms with van der Waals surface area (Å²) >= 11 is 0. The highest BCUT2D eigenvalue weighted by atomic mass is 16.6. The van der Waals surface area contributed by atoms with Crippen LogP contribution in [0, 0.1) is 5.92 Å². The molecule has 14 nitrogen and oxygen atoms in total. The Morgan fingerprint density at radius 3 is 2.24 bits per heavy atom. The van der Waals surface area contributed by atoms with Crippen LogP contribution in [0.25, 0.3) is 0 Å². The van der Waals surface area contributed by atoms with Gasteiger partial charge in [-0.25, -0.2) is 4.79 Å². The first-order chi connectivity index (χ1) is 21.0. The number of nitrogens with zero attached hydrogens (tertiary/aromatic N) is 1. The van der Waals surface area contributed by atoms with E-state index >= 15 is 0 Å². The van der Waals surface area contributed by atoms with Crippen LogP contribution >= 0.6 is 0 Å². The molecule has 1 aromatic rings. The number of carbonyl (C=O) groups excluding carboxylic acids is 5. The van der Waals surface area contributed by atoms with Crippen molar-refractivity contribution in [3.63, 3.8) is 0 Å². The van der Waals surface area contributed by atoms with E-state index < -0.39 is 78.0 Å². The number of alkyl carbamates (subject to hydrolysis) is 1. The average molecular weight is 634 g/mol. The summed E-state index contributed by atoms with van der Waals surface area (Å²) in [5.41, 5.74) is 5.28. The highest BCUT2D eigenvalue weighted by Crippen LogP contribution is 2.21. The van der Waals surface area contributed by atoms with Gasteiger partial charge in [-0.05, 0) is 51.5 Å². The Morgan fingerprint density at radius 1 is 1.04 bits per heavy atom. The van der Waals surface area contributed by atoms with Crippen molar-refractivity contribution in [2.75, 3.05) is 6.54 Å². The first-order valence-electron chi connectivity index (χ1n) is 15.1. The molecule has 0 aromatic heterocycles. The second kappa shape index (κ2) is 16.8. The number of carboxylic acid groups (broad SMARTS) is 1. The maximum Gasteiger partial charge on any atom is 0.408 e. The van der Waals surface area contributed by atoms with E-state index in [-0.39, 0.29) is 25.2 Å². The smallest absolute Gasteiger partial charge is 0.408 e. The molecular weight excluding hydrogens is 586 g/mol. The Balaban J connectivity index is 2.10. The lowest BCUT2D eigenvalue weighted by Crippen LogP contribution is -2.55. The minimum absolute atomic E-state index is 0.0616. The van der Waals surface area contributed by atoms with Gasteiger partial charge in [-0.3, -0.25) is 24.0 Å². The molecule has 2 rings (SSSR count). The number of aliphatic hydroxyl groups is 1. The highest BCUT2D eigenvalue weighted by molar-refractivity contribution is 5.92. The van der Waals surface area contributed by atoms with E-state index in [1.165, 1.54) is 4.90 Å². The molecule has 0 unspecified atom stereocenters. The topological polar surface area (TPSA) is 217 Å². The number of rotatable bonds is 15. The summed E-state index contributed by atoms with van der Waals surface area (Å²) in [4.78, 5) is 76.6. The molecule has 0 spiro atoms. The van der Waals surface area contributed by atoms with Gasteiger partial charge in [0.05, 0.1) is 18.6 Å². The molecule has 0 bridgehead atoms. The van der Waals surface area contributed by atoms with Crippen molar-refractivity contribution >= 4 is 35.7 Å². The number of nitrogens with one attached hydrogen (secondary N) is 3. The first-order valence-corrected chi connectivity index (χ1v) is 15.1. The van der Waals surface area contributed by atoms with E-state index in [2.05, 4.69) is 16.0 Å². The number of amides is 5. The lowest BCUT2D eigenvalue weighted by atomic mass is 10.00. The van der Waals surface area contributed by atoms with Gasteiger partial charge >= 0.3 is 12.1 Å². The number of hydrogen-bond donors (Lipinski definition) is 6. The van der Waals surface area contributed by atoms with E-state index in [0.29, 0.717) is 19.4 Å². The molecular formula is C31H47N5O9. The molecule has 1 aromatic carbocycles. The van der Waals surface area contributed by atoms with Crippen molar-refractivity contribution in [1.29, 1.82) is 0 Å². The minimum Gasteiger partial charge on any atom is -0.481 e. The van der Waals surface area contributed by atoms with Gasteiger partial charge in [0.2, 0.25) is 23.6 Å². The maximum atomic E-state index is 13.4. The first kappa shape index (κ1) is 37.0. The third kappa shape index (κ3) is 12.4. The van der Waals surface area contributed by atoms with Crippen LogP contribution < -0.4 is 21.7 Å².